The van der Waals surface area contributed by atoms with Gasteiger partial charge in [0.05, 0.1) is 7.11 Å². The van der Waals surface area contributed by atoms with Gasteiger partial charge in [-0.1, -0.05) is 113 Å². The number of carbonyl (C=O) groups is 2. The van der Waals surface area contributed by atoms with Crippen LogP contribution in [0.4, 0.5) is 4.79 Å². The molecule has 6 heteroatoms. The van der Waals surface area contributed by atoms with Crippen LogP contribution in [0.5, 0.6) is 23.0 Å². The molecule has 0 radical (unpaired) electrons. The molecule has 54 heavy (non-hydrogen) atoms. The summed E-state index contributed by atoms with van der Waals surface area (Å²) in [6.45, 7) is 14.0. The zero-order chi connectivity index (χ0) is 38.6. The van der Waals surface area contributed by atoms with E-state index in [9.17, 15) is 9.59 Å². The lowest BCUT2D eigenvalue weighted by Gasteiger charge is -2.26. The van der Waals surface area contributed by atoms with Gasteiger partial charge in [0.15, 0.2) is 0 Å². The molecular formula is C48H46O6. The van der Waals surface area contributed by atoms with Crippen LogP contribution in [0.25, 0.3) is 22.3 Å². The standard InChI is InChI=1S/C48H46O6/c1-31-29-36(13-27-44(31)51-8)34-9-15-38(16-10-34)47(4,5)39-17-11-35(12-18-39)37-14-28-45(32(2)30-37)54-46(50)53-43-25-21-41(22-26-43)48(6,7)40-19-23-42(24-20-40)52-33(3)49/h9-30H,1-8H3. The number of carbonyl (C=O) groups excluding carboxylic acids is 2. The van der Waals surface area contributed by atoms with Crippen LogP contribution in [0.2, 0.25) is 0 Å². The molecule has 0 amide bonds. The summed E-state index contributed by atoms with van der Waals surface area (Å²) in [5, 5.41) is 0. The van der Waals surface area contributed by atoms with E-state index in [1.807, 2.05) is 49.4 Å². The van der Waals surface area contributed by atoms with E-state index in [2.05, 4.69) is 95.3 Å². The summed E-state index contributed by atoms with van der Waals surface area (Å²) in [6.07, 6.45) is -0.808. The van der Waals surface area contributed by atoms with E-state index in [4.69, 9.17) is 18.9 Å². The average Bonchev–Trinajstić information content (AvgIpc) is 3.16. The maximum Gasteiger partial charge on any atom is 0.519 e. The zero-order valence-corrected chi connectivity index (χ0v) is 32.2. The van der Waals surface area contributed by atoms with Gasteiger partial charge in [0.2, 0.25) is 0 Å². The lowest BCUT2D eigenvalue weighted by Crippen LogP contribution is -2.19. The Kier molecular flexibility index (Phi) is 10.8. The van der Waals surface area contributed by atoms with Crippen LogP contribution in [-0.2, 0) is 15.6 Å². The third kappa shape index (κ3) is 8.24. The van der Waals surface area contributed by atoms with Gasteiger partial charge in [0.25, 0.3) is 0 Å². The minimum Gasteiger partial charge on any atom is -0.496 e. The summed E-state index contributed by atoms with van der Waals surface area (Å²) in [6, 6.07) is 44.3. The summed E-state index contributed by atoms with van der Waals surface area (Å²) in [5.41, 5.74) is 10.3. The quantitative estimate of drug-likeness (QED) is 0.0798. The van der Waals surface area contributed by atoms with Gasteiger partial charge in [-0.05, 0) is 118 Å². The lowest BCUT2D eigenvalue weighted by atomic mass is 9.77. The fourth-order valence-electron chi connectivity index (χ4n) is 6.75. The summed E-state index contributed by atoms with van der Waals surface area (Å²) in [4.78, 5) is 24.1. The van der Waals surface area contributed by atoms with Crippen molar-refractivity contribution in [1.29, 1.82) is 0 Å². The highest BCUT2D eigenvalue weighted by molar-refractivity contribution is 5.71. The second kappa shape index (κ2) is 15.5. The second-order valence-electron chi connectivity index (χ2n) is 14.7. The summed E-state index contributed by atoms with van der Waals surface area (Å²) in [7, 11) is 1.70. The molecule has 6 nitrogen and oxygen atoms in total. The summed E-state index contributed by atoms with van der Waals surface area (Å²) >= 11 is 0. The van der Waals surface area contributed by atoms with Crippen molar-refractivity contribution in [2.24, 2.45) is 0 Å². The molecule has 6 aromatic carbocycles. The Morgan fingerprint density at radius 1 is 0.444 bits per heavy atom. The van der Waals surface area contributed by atoms with E-state index in [0.29, 0.717) is 17.2 Å². The molecule has 0 aromatic heterocycles. The fourth-order valence-corrected chi connectivity index (χ4v) is 6.75. The topological polar surface area (TPSA) is 71.1 Å². The Labute approximate surface area is 318 Å². The van der Waals surface area contributed by atoms with E-state index < -0.39 is 6.16 Å². The average molecular weight is 719 g/mol. The largest absolute Gasteiger partial charge is 0.519 e. The highest BCUT2D eigenvalue weighted by Crippen LogP contribution is 2.36. The third-order valence-electron chi connectivity index (χ3n) is 10.3. The first kappa shape index (κ1) is 37.6. The van der Waals surface area contributed by atoms with Gasteiger partial charge in [-0.3, -0.25) is 4.79 Å². The molecule has 0 unspecified atom stereocenters. The smallest absolute Gasteiger partial charge is 0.496 e. The second-order valence-corrected chi connectivity index (χ2v) is 14.7. The lowest BCUT2D eigenvalue weighted by molar-refractivity contribution is -0.131. The van der Waals surface area contributed by atoms with Gasteiger partial charge in [-0.25, -0.2) is 4.79 Å². The minimum atomic E-state index is -0.808. The molecule has 0 bridgehead atoms. The molecule has 0 saturated heterocycles. The number of rotatable bonds is 10. The van der Waals surface area contributed by atoms with E-state index in [0.717, 1.165) is 39.1 Å². The van der Waals surface area contributed by atoms with Crippen molar-refractivity contribution in [2.45, 2.75) is 59.3 Å². The number of ether oxygens (including phenoxy) is 4. The number of methoxy groups -OCH3 is 1. The Morgan fingerprint density at radius 2 is 0.796 bits per heavy atom. The predicted octanol–water partition coefficient (Wildman–Crippen LogP) is 11.8. The summed E-state index contributed by atoms with van der Waals surface area (Å²) in [5.74, 6) is 1.85. The minimum absolute atomic E-state index is 0.197. The van der Waals surface area contributed by atoms with Gasteiger partial charge in [0.1, 0.15) is 23.0 Å². The van der Waals surface area contributed by atoms with Gasteiger partial charge in [0, 0.05) is 17.8 Å². The van der Waals surface area contributed by atoms with Crippen molar-refractivity contribution in [3.63, 3.8) is 0 Å². The molecule has 0 N–H and O–H groups in total. The van der Waals surface area contributed by atoms with Crippen LogP contribution in [0.3, 0.4) is 0 Å². The highest BCUT2D eigenvalue weighted by Gasteiger charge is 2.25. The molecule has 0 aliphatic heterocycles. The number of aryl methyl sites for hydroxylation is 2. The van der Waals surface area contributed by atoms with Crippen LogP contribution >= 0.6 is 0 Å². The van der Waals surface area contributed by atoms with E-state index in [-0.39, 0.29) is 16.8 Å². The van der Waals surface area contributed by atoms with Crippen molar-refractivity contribution >= 4 is 12.1 Å². The molecule has 0 saturated carbocycles. The summed E-state index contributed by atoms with van der Waals surface area (Å²) < 4.78 is 21.7. The van der Waals surface area contributed by atoms with Gasteiger partial charge >= 0.3 is 12.1 Å². The van der Waals surface area contributed by atoms with Crippen molar-refractivity contribution in [2.75, 3.05) is 7.11 Å². The van der Waals surface area contributed by atoms with Crippen molar-refractivity contribution in [3.8, 4) is 45.3 Å². The van der Waals surface area contributed by atoms with E-state index >= 15 is 0 Å². The van der Waals surface area contributed by atoms with Crippen molar-refractivity contribution in [1.82, 2.24) is 0 Å². The van der Waals surface area contributed by atoms with Crippen LogP contribution in [0.1, 0.15) is 68.0 Å². The molecule has 0 spiro atoms. The molecule has 0 fully saturated rings. The molecule has 274 valence electrons. The highest BCUT2D eigenvalue weighted by atomic mass is 16.7. The first-order chi connectivity index (χ1) is 25.7. The van der Waals surface area contributed by atoms with E-state index in [1.165, 1.54) is 29.2 Å². The first-order valence-corrected chi connectivity index (χ1v) is 18.0. The molecule has 0 aliphatic carbocycles. The van der Waals surface area contributed by atoms with Crippen LogP contribution < -0.4 is 18.9 Å². The van der Waals surface area contributed by atoms with Crippen LogP contribution in [0, 0.1) is 13.8 Å². The number of hydrogen-bond acceptors (Lipinski definition) is 6. The Morgan fingerprint density at radius 3 is 1.17 bits per heavy atom. The van der Waals surface area contributed by atoms with Gasteiger partial charge < -0.3 is 18.9 Å². The Bertz CT molecular complexity index is 2260. The number of esters is 1. The van der Waals surface area contributed by atoms with E-state index in [1.54, 1.807) is 37.4 Å². The normalized spacial score (nSPS) is 11.5. The fraction of sp³-hybridized carbons (Fsp3) is 0.208. The number of benzene rings is 6. The molecule has 0 aliphatic rings. The third-order valence-corrected chi connectivity index (χ3v) is 10.3. The monoisotopic (exact) mass is 718 g/mol. The molecule has 0 atom stereocenters. The number of hydrogen-bond donors (Lipinski definition) is 0. The van der Waals surface area contributed by atoms with Crippen molar-refractivity contribution in [3.05, 3.63) is 167 Å². The zero-order valence-electron chi connectivity index (χ0n) is 32.2. The maximum atomic E-state index is 12.8. The molecule has 0 heterocycles. The van der Waals surface area contributed by atoms with Gasteiger partial charge in [-0.15, -0.1) is 0 Å². The molecule has 6 rings (SSSR count). The van der Waals surface area contributed by atoms with Crippen molar-refractivity contribution < 1.29 is 28.5 Å². The van der Waals surface area contributed by atoms with Crippen LogP contribution in [0.15, 0.2) is 133 Å². The SMILES string of the molecule is COc1ccc(-c2ccc(C(C)(C)c3ccc(-c4ccc(OC(=O)Oc5ccc(C(C)(C)c6ccc(OC(C)=O)cc6)cc5)c(C)c4)cc3)cc2)cc1C. The first-order valence-electron chi connectivity index (χ1n) is 18.0. The van der Waals surface area contributed by atoms with Crippen LogP contribution in [-0.4, -0.2) is 19.2 Å². The predicted molar refractivity (Wildman–Crippen MR) is 215 cm³/mol. The van der Waals surface area contributed by atoms with Gasteiger partial charge in [-0.2, -0.15) is 0 Å². The molecular weight excluding hydrogens is 673 g/mol. The maximum absolute atomic E-state index is 12.8. The molecule has 6 aromatic rings. The Balaban J connectivity index is 1.07. The Hall–Kier alpha value is -6.14.